The van der Waals surface area contributed by atoms with Crippen molar-refractivity contribution in [2.75, 3.05) is 19.8 Å². The highest BCUT2D eigenvalue weighted by Crippen LogP contribution is 2.48. The predicted molar refractivity (Wildman–Crippen MR) is 215 cm³/mol. The van der Waals surface area contributed by atoms with E-state index in [2.05, 4.69) is 20.3 Å². The zero-order valence-electron chi connectivity index (χ0n) is 34.8. The van der Waals surface area contributed by atoms with E-state index in [4.69, 9.17) is 18.9 Å². The normalized spacial score (nSPS) is 29.2. The van der Waals surface area contributed by atoms with E-state index in [9.17, 15) is 31.6 Å². The van der Waals surface area contributed by atoms with E-state index < -0.39 is 85.7 Å². The number of alkyl halides is 2. The molecular weight excluding hydrogens is 805 g/mol. The van der Waals surface area contributed by atoms with Crippen LogP contribution >= 0.6 is 0 Å². The number of aromatic nitrogens is 1. The third kappa shape index (κ3) is 8.44. The highest BCUT2D eigenvalue weighted by Gasteiger charge is 2.63. The van der Waals surface area contributed by atoms with Crippen molar-refractivity contribution in [3.8, 4) is 17.4 Å². The van der Waals surface area contributed by atoms with Crippen molar-refractivity contribution in [3.05, 3.63) is 36.5 Å². The maximum absolute atomic E-state index is 15.0. The van der Waals surface area contributed by atoms with Crippen molar-refractivity contribution in [1.29, 1.82) is 0 Å². The van der Waals surface area contributed by atoms with Crippen LogP contribution in [0.15, 0.2) is 36.5 Å². The Kier molecular flexibility index (Phi) is 11.5. The molecule has 7 unspecified atom stereocenters. The summed E-state index contributed by atoms with van der Waals surface area (Å²) in [5.41, 5.74) is -3.84. The SMILES string of the molecule is CCC1CC(C)CCC=CC2CC2(C(=O)NS(=O)(=O)C2(C)CC2)NC(=O)C2CC(Oc3nccc4c5c(ccc34)OCCO5)CN2C(=O)C1NC(=O)OC(C)(C)C(C)(F)F. The summed E-state index contributed by atoms with van der Waals surface area (Å²) in [5, 5.41) is 6.72. The van der Waals surface area contributed by atoms with Crippen LogP contribution in [0.3, 0.4) is 0 Å². The quantitative estimate of drug-likeness (QED) is 0.283. The summed E-state index contributed by atoms with van der Waals surface area (Å²) < 4.78 is 80.0. The molecule has 328 valence electrons. The molecular formula is C42H55F2N5O10S. The molecule has 1 aromatic carbocycles. The van der Waals surface area contributed by atoms with Crippen molar-refractivity contribution >= 4 is 44.6 Å². The molecule has 4 amide bonds. The first kappa shape index (κ1) is 43.4. The number of carbonyl (C=O) groups is 4. The average Bonchev–Trinajstić information content (AvgIpc) is 4.07. The molecule has 2 aromatic rings. The van der Waals surface area contributed by atoms with E-state index >= 15 is 4.79 Å². The van der Waals surface area contributed by atoms with Gasteiger partial charge in [0.1, 0.15) is 36.9 Å². The van der Waals surface area contributed by atoms with Crippen LogP contribution < -0.4 is 29.6 Å². The van der Waals surface area contributed by atoms with Gasteiger partial charge in [-0.1, -0.05) is 32.4 Å². The highest BCUT2D eigenvalue weighted by atomic mass is 32.2. The topological polar surface area (TPSA) is 192 Å². The number of alkyl carbamates (subject to hydrolysis) is 1. The lowest BCUT2D eigenvalue weighted by Crippen LogP contribution is -2.60. The van der Waals surface area contributed by atoms with Gasteiger partial charge in [0.05, 0.1) is 11.3 Å². The number of sulfonamides is 1. The van der Waals surface area contributed by atoms with Crippen molar-refractivity contribution in [3.63, 3.8) is 0 Å². The van der Waals surface area contributed by atoms with Crippen LogP contribution in [0, 0.1) is 17.8 Å². The van der Waals surface area contributed by atoms with E-state index in [1.54, 1.807) is 31.3 Å². The largest absolute Gasteiger partial charge is 0.486 e. The number of hydrogen-bond donors (Lipinski definition) is 3. The minimum Gasteiger partial charge on any atom is -0.486 e. The van der Waals surface area contributed by atoms with Gasteiger partial charge in [-0.3, -0.25) is 19.1 Å². The van der Waals surface area contributed by atoms with E-state index in [0.717, 1.165) is 13.8 Å². The molecule has 7 rings (SSSR count). The minimum absolute atomic E-state index is 0.0220. The Hall–Kier alpha value is -4.74. The van der Waals surface area contributed by atoms with Gasteiger partial charge in [0.15, 0.2) is 17.1 Å². The predicted octanol–water partition coefficient (Wildman–Crippen LogP) is 5.16. The molecule has 3 aliphatic heterocycles. The molecule has 3 N–H and O–H groups in total. The van der Waals surface area contributed by atoms with E-state index in [1.165, 1.54) is 4.90 Å². The van der Waals surface area contributed by atoms with Gasteiger partial charge in [0.25, 0.3) is 11.8 Å². The van der Waals surface area contributed by atoms with Crippen LogP contribution in [-0.2, 0) is 29.1 Å². The van der Waals surface area contributed by atoms with Gasteiger partial charge >= 0.3 is 6.09 Å². The van der Waals surface area contributed by atoms with Gasteiger partial charge in [0.2, 0.25) is 27.7 Å². The number of pyridine rings is 1. The monoisotopic (exact) mass is 859 g/mol. The number of amides is 4. The van der Waals surface area contributed by atoms with Crippen LogP contribution in [-0.4, -0.2) is 102 Å². The molecule has 60 heavy (non-hydrogen) atoms. The molecule has 3 fully saturated rings. The fourth-order valence-corrected chi connectivity index (χ4v) is 9.60. The first-order valence-electron chi connectivity index (χ1n) is 20.8. The molecule has 1 saturated heterocycles. The molecule has 0 radical (unpaired) electrons. The van der Waals surface area contributed by atoms with Crippen molar-refractivity contribution in [2.45, 2.75) is 133 Å². The van der Waals surface area contributed by atoms with Crippen molar-refractivity contribution in [1.82, 2.24) is 25.2 Å². The van der Waals surface area contributed by atoms with Crippen molar-refractivity contribution < 1.29 is 55.3 Å². The minimum atomic E-state index is -4.06. The van der Waals surface area contributed by atoms with E-state index in [0.29, 0.717) is 80.9 Å². The number of benzene rings is 1. The number of carbonyl (C=O) groups excluding carboxylic acids is 4. The Morgan fingerprint density at radius 3 is 2.52 bits per heavy atom. The van der Waals surface area contributed by atoms with Gasteiger partial charge in [-0.2, -0.15) is 0 Å². The van der Waals surface area contributed by atoms with E-state index in [1.807, 2.05) is 26.0 Å². The van der Waals surface area contributed by atoms with Crippen LogP contribution in [0.25, 0.3) is 10.8 Å². The Morgan fingerprint density at radius 2 is 1.82 bits per heavy atom. The smallest absolute Gasteiger partial charge is 0.408 e. The Labute approximate surface area is 348 Å². The average molecular weight is 860 g/mol. The van der Waals surface area contributed by atoms with Gasteiger partial charge in [0, 0.05) is 36.2 Å². The van der Waals surface area contributed by atoms with Crippen molar-refractivity contribution in [2.24, 2.45) is 17.8 Å². The van der Waals surface area contributed by atoms with Crippen LogP contribution in [0.1, 0.15) is 92.9 Å². The number of rotatable bonds is 9. The number of nitrogens with zero attached hydrogens (tertiary/aromatic N) is 2. The van der Waals surface area contributed by atoms with Crippen LogP contribution in [0.2, 0.25) is 0 Å². The first-order chi connectivity index (χ1) is 28.2. The van der Waals surface area contributed by atoms with E-state index in [-0.39, 0.29) is 31.2 Å². The second kappa shape index (κ2) is 15.9. The summed E-state index contributed by atoms with van der Waals surface area (Å²) in [7, 11) is -4.06. The lowest BCUT2D eigenvalue weighted by atomic mass is 9.85. The molecule has 15 nitrogen and oxygen atoms in total. The highest BCUT2D eigenvalue weighted by molar-refractivity contribution is 7.91. The molecule has 2 aliphatic carbocycles. The summed E-state index contributed by atoms with van der Waals surface area (Å²) in [6, 6.07) is 2.70. The Morgan fingerprint density at radius 1 is 1.08 bits per heavy atom. The molecule has 18 heteroatoms. The summed E-state index contributed by atoms with van der Waals surface area (Å²) in [6.07, 6.45) is 6.17. The second-order valence-corrected chi connectivity index (χ2v) is 20.1. The van der Waals surface area contributed by atoms with Crippen LogP contribution in [0.5, 0.6) is 17.4 Å². The number of allylic oxidation sites excluding steroid dienone is 1. The molecule has 1 aromatic heterocycles. The molecule has 5 aliphatic rings. The van der Waals surface area contributed by atoms with Gasteiger partial charge in [-0.05, 0) is 89.3 Å². The second-order valence-electron chi connectivity index (χ2n) is 17.9. The number of nitrogens with one attached hydrogen (secondary N) is 3. The fraction of sp³-hybridized carbons (Fsp3) is 0.643. The molecule has 0 bridgehead atoms. The molecule has 4 heterocycles. The zero-order valence-corrected chi connectivity index (χ0v) is 35.7. The standard InChI is InChI=1S/C42H55F2N5O10S/c1-7-25-20-24(2)10-8-9-11-26-22-42(26,37(52)48-60(54,55)40(5)15-16-40)47-34(50)30-21-27(23-49(30)36(51)32(25)46-38(53)59-39(3,4)41(6,43)44)58-35-29-12-13-31-33(57-19-18-56-31)28(29)14-17-45-35/h9,11-14,17,24-27,30,32H,7-8,10,15-16,18-23H2,1-6H3,(H,46,53)(H,47,50)(H,48,52). The first-order valence-corrected chi connectivity index (χ1v) is 22.2. The van der Waals surface area contributed by atoms with Gasteiger partial charge < -0.3 is 34.5 Å². The number of ether oxygens (including phenoxy) is 4. The number of hydrogen-bond acceptors (Lipinski definition) is 11. The summed E-state index contributed by atoms with van der Waals surface area (Å²) in [6.45, 7) is 8.78. The van der Waals surface area contributed by atoms with Gasteiger partial charge in [-0.15, -0.1) is 0 Å². The molecule has 0 spiro atoms. The maximum Gasteiger partial charge on any atom is 0.408 e. The van der Waals surface area contributed by atoms with Gasteiger partial charge in [-0.25, -0.2) is 27.0 Å². The summed E-state index contributed by atoms with van der Waals surface area (Å²) in [5.74, 6) is -5.40. The lowest BCUT2D eigenvalue weighted by Gasteiger charge is -2.35. The molecule has 7 atom stereocenters. The lowest BCUT2D eigenvalue weighted by molar-refractivity contribution is -0.152. The number of halogens is 2. The van der Waals surface area contributed by atoms with Crippen LogP contribution in [0.4, 0.5) is 13.6 Å². The summed E-state index contributed by atoms with van der Waals surface area (Å²) in [4.78, 5) is 62.9. The maximum atomic E-state index is 15.0. The Balaban J connectivity index is 1.24. The zero-order chi connectivity index (χ0) is 43.4. The third-order valence-corrected chi connectivity index (χ3v) is 15.1. The third-order valence-electron chi connectivity index (χ3n) is 13.0. The molecule has 2 saturated carbocycles. The summed E-state index contributed by atoms with van der Waals surface area (Å²) >= 11 is 0. The fourth-order valence-electron chi connectivity index (χ4n) is 8.28. The Bertz CT molecular complexity index is 2180. The number of fused-ring (bicyclic) bond motifs is 5.